The highest BCUT2D eigenvalue weighted by Gasteiger charge is 2.68. The summed E-state index contributed by atoms with van der Waals surface area (Å²) in [5, 5.41) is 10.7. The van der Waals surface area contributed by atoms with Crippen LogP contribution >= 0.6 is 0 Å². The van der Waals surface area contributed by atoms with E-state index in [1.165, 1.54) is 12.8 Å². The lowest BCUT2D eigenvalue weighted by Gasteiger charge is -2.44. The van der Waals surface area contributed by atoms with Gasteiger partial charge in [0.05, 0.1) is 42.2 Å². The molecule has 5 aliphatic rings. The van der Waals surface area contributed by atoms with E-state index >= 15 is 0 Å². The summed E-state index contributed by atoms with van der Waals surface area (Å²) in [5.41, 5.74) is 5.62. The number of aromatic nitrogens is 3. The maximum atomic E-state index is 14.0. The molecule has 8 rings (SSSR count). The first-order valence-corrected chi connectivity index (χ1v) is 22.3. The molecule has 0 saturated heterocycles. The topological polar surface area (TPSA) is 94.9 Å². The van der Waals surface area contributed by atoms with Crippen molar-refractivity contribution in [2.75, 3.05) is 44.3 Å². The van der Waals surface area contributed by atoms with Gasteiger partial charge in [-0.05, 0) is 134 Å². The molecule has 2 saturated carbocycles. The molecule has 1 aromatic heterocycles. The molecular weight excluding hydrogens is 751 g/mol. The van der Waals surface area contributed by atoms with Crippen LogP contribution in [0.15, 0.2) is 83.4 Å². The number of hydrogen-bond acceptors (Lipinski definition) is 8. The zero-order valence-electron chi connectivity index (χ0n) is 37.0. The van der Waals surface area contributed by atoms with Crippen molar-refractivity contribution in [3.8, 4) is 22.5 Å². The molecular formula is C50H64N5O5+. The lowest BCUT2D eigenvalue weighted by atomic mass is 9.63. The molecule has 0 N–H and O–H groups in total. The van der Waals surface area contributed by atoms with Crippen molar-refractivity contribution in [1.82, 2.24) is 19.6 Å². The summed E-state index contributed by atoms with van der Waals surface area (Å²) < 4.78 is 29.6. The fourth-order valence-corrected chi connectivity index (χ4v) is 9.83. The van der Waals surface area contributed by atoms with Crippen LogP contribution in [0.1, 0.15) is 97.1 Å². The number of ether oxygens (including phenoxy) is 3. The van der Waals surface area contributed by atoms with E-state index in [-0.39, 0.29) is 17.8 Å². The molecule has 10 nitrogen and oxygen atoms in total. The average molecular weight is 815 g/mol. The zero-order valence-corrected chi connectivity index (χ0v) is 37.0. The Hall–Kier alpha value is -4.80. The summed E-state index contributed by atoms with van der Waals surface area (Å²) in [4.78, 5) is 16.3. The number of rotatable bonds is 19. The minimum atomic E-state index is -0.424. The van der Waals surface area contributed by atoms with E-state index in [0.29, 0.717) is 35.7 Å². The summed E-state index contributed by atoms with van der Waals surface area (Å²) in [6, 6.07) is 20.4. The molecule has 3 aromatic rings. The van der Waals surface area contributed by atoms with Crippen LogP contribution in [0.5, 0.6) is 0 Å². The molecule has 4 aliphatic carbocycles. The molecule has 1 aliphatic heterocycles. The molecule has 2 heterocycles. The number of nitrogens with zero attached hydrogens (tertiary/aromatic N) is 5. The Bertz CT molecular complexity index is 2400. The third kappa shape index (κ3) is 8.42. The Labute approximate surface area is 355 Å². The van der Waals surface area contributed by atoms with E-state index in [2.05, 4.69) is 124 Å². The van der Waals surface area contributed by atoms with Crippen molar-refractivity contribution < 1.29 is 23.4 Å². The van der Waals surface area contributed by atoms with Crippen molar-refractivity contribution >= 4 is 22.6 Å². The first kappa shape index (κ1) is 41.9. The molecule has 4 unspecified atom stereocenters. The van der Waals surface area contributed by atoms with E-state index < -0.39 is 5.97 Å². The Morgan fingerprint density at radius 1 is 0.917 bits per heavy atom. The van der Waals surface area contributed by atoms with Crippen LogP contribution in [0.2, 0.25) is 0 Å². The summed E-state index contributed by atoms with van der Waals surface area (Å²) in [7, 11) is 0. The fraction of sp³-hybridized carbons (Fsp3) is 0.520. The molecule has 4 atom stereocenters. The number of esters is 1. The van der Waals surface area contributed by atoms with E-state index in [1.807, 2.05) is 30.5 Å². The first-order valence-electron chi connectivity index (χ1n) is 22.3. The van der Waals surface area contributed by atoms with Gasteiger partial charge in [0.1, 0.15) is 36.7 Å². The molecule has 0 amide bonds. The summed E-state index contributed by atoms with van der Waals surface area (Å²) in [6.07, 6.45) is 11.0. The number of allylic oxidation sites excluding steroid dienone is 2. The monoisotopic (exact) mass is 814 g/mol. The number of fused-ring (bicyclic) bond motifs is 2. The van der Waals surface area contributed by atoms with Gasteiger partial charge in [-0.3, -0.25) is 4.68 Å². The molecule has 1 spiro atoms. The van der Waals surface area contributed by atoms with Crippen LogP contribution < -0.4 is 14.8 Å². The SMILES string of the molecule is CCN(CC)c1ccc2c(-c3ccccc3C(=O)OCc3cn(CCC(C)(C)OCCC(C)(C)OCC4CC56CC5C=CC46)nn3)c3ccc(=[N+](CC)CC)cc-3oc2c1. The van der Waals surface area contributed by atoms with Gasteiger partial charge in [-0.25, -0.2) is 9.37 Å². The van der Waals surface area contributed by atoms with Crippen LogP contribution in [-0.4, -0.2) is 71.6 Å². The predicted molar refractivity (Wildman–Crippen MR) is 238 cm³/mol. The molecule has 0 radical (unpaired) electrons. The van der Waals surface area contributed by atoms with Crippen molar-refractivity contribution in [2.45, 2.75) is 105 Å². The lowest BCUT2D eigenvalue weighted by molar-refractivity contribution is -0.103. The smallest absolute Gasteiger partial charge is 0.339 e. The first-order chi connectivity index (χ1) is 28.9. The number of anilines is 1. The van der Waals surface area contributed by atoms with Gasteiger partial charge in [0.2, 0.25) is 5.36 Å². The lowest BCUT2D eigenvalue weighted by Crippen LogP contribution is -2.41. The third-order valence-corrected chi connectivity index (χ3v) is 13.7. The van der Waals surface area contributed by atoms with Crippen molar-refractivity contribution in [3.63, 3.8) is 0 Å². The van der Waals surface area contributed by atoms with Crippen molar-refractivity contribution in [2.24, 2.45) is 23.2 Å². The Morgan fingerprint density at radius 3 is 2.45 bits per heavy atom. The van der Waals surface area contributed by atoms with Crippen LogP contribution in [0.3, 0.4) is 0 Å². The number of carbonyl (C=O) groups excluding carboxylic acids is 1. The summed E-state index contributed by atoms with van der Waals surface area (Å²) in [5.74, 6) is 2.61. The van der Waals surface area contributed by atoms with Gasteiger partial charge in [-0.2, -0.15) is 0 Å². The van der Waals surface area contributed by atoms with Gasteiger partial charge in [0.15, 0.2) is 0 Å². The molecule has 318 valence electrons. The number of aryl methyl sites for hydroxylation is 1. The minimum absolute atomic E-state index is 0.00762. The molecule has 2 fully saturated rings. The van der Waals surface area contributed by atoms with Crippen molar-refractivity contribution in [1.29, 1.82) is 0 Å². The normalized spacial score (nSPS) is 20.6. The van der Waals surface area contributed by atoms with Gasteiger partial charge in [-0.1, -0.05) is 35.6 Å². The minimum Gasteiger partial charge on any atom is -0.456 e. The van der Waals surface area contributed by atoms with Gasteiger partial charge in [0.25, 0.3) is 0 Å². The van der Waals surface area contributed by atoms with Gasteiger partial charge >= 0.3 is 5.97 Å². The van der Waals surface area contributed by atoms with Gasteiger partial charge in [0, 0.05) is 54.0 Å². The second-order valence-electron chi connectivity index (χ2n) is 18.4. The second-order valence-corrected chi connectivity index (χ2v) is 18.4. The molecule has 60 heavy (non-hydrogen) atoms. The summed E-state index contributed by atoms with van der Waals surface area (Å²) in [6.45, 7) is 22.9. The molecule has 2 aromatic carbocycles. The van der Waals surface area contributed by atoms with Crippen LogP contribution in [-0.2, 0) is 27.4 Å². The Balaban J connectivity index is 0.912. The van der Waals surface area contributed by atoms with Crippen LogP contribution in [0.4, 0.5) is 5.69 Å². The maximum absolute atomic E-state index is 14.0. The summed E-state index contributed by atoms with van der Waals surface area (Å²) >= 11 is 0. The Kier molecular flexibility index (Phi) is 11.8. The highest BCUT2D eigenvalue weighted by molar-refractivity contribution is 6.08. The highest BCUT2D eigenvalue weighted by atomic mass is 16.5. The average Bonchev–Trinajstić information content (AvgIpc) is 3.66. The fourth-order valence-electron chi connectivity index (χ4n) is 9.83. The van der Waals surface area contributed by atoms with Crippen molar-refractivity contribution in [3.05, 3.63) is 95.6 Å². The molecule has 10 heteroatoms. The standard InChI is InChI=1S/C50H64N5O5/c1-9-53(10-2)37-18-20-41-44(27-37)60-45-28-38(54(11-3)12-4)19-21-42(45)46(41)39-15-13-14-16-40(39)47(56)57-33-36-31-55(52-51-36)25-23-48(5,6)58-26-24-49(7,8)59-32-34-29-50-30-35(50)17-22-43(34)50/h13-22,27-28,31,34-35,43H,9-12,23-26,29-30,32-33H2,1-8H3/q+1. The maximum Gasteiger partial charge on any atom is 0.339 e. The third-order valence-electron chi connectivity index (χ3n) is 13.7. The van der Waals surface area contributed by atoms with E-state index in [4.69, 9.17) is 18.6 Å². The number of carbonyl (C=O) groups is 1. The number of hydrogen-bond donors (Lipinski definition) is 0. The second kappa shape index (κ2) is 16.9. The van der Waals surface area contributed by atoms with Crippen LogP contribution in [0, 0.1) is 23.2 Å². The highest BCUT2D eigenvalue weighted by Crippen LogP contribution is 2.75. The van der Waals surface area contributed by atoms with E-state index in [1.54, 1.807) is 4.68 Å². The predicted octanol–water partition coefficient (Wildman–Crippen LogP) is 9.39. The van der Waals surface area contributed by atoms with Crippen LogP contribution in [0.25, 0.3) is 33.4 Å². The zero-order chi connectivity index (χ0) is 42.2. The quantitative estimate of drug-likeness (QED) is 0.0353. The molecule has 0 bridgehead atoms. The van der Waals surface area contributed by atoms with E-state index in [0.717, 1.165) is 102 Å². The van der Waals surface area contributed by atoms with Gasteiger partial charge in [-0.15, -0.1) is 5.10 Å². The largest absolute Gasteiger partial charge is 0.456 e. The van der Waals surface area contributed by atoms with E-state index in [9.17, 15) is 4.79 Å². The Morgan fingerprint density at radius 2 is 1.70 bits per heavy atom. The number of benzene rings is 3. The van der Waals surface area contributed by atoms with Gasteiger partial charge < -0.3 is 23.5 Å².